The molecule has 5 nitrogen and oxygen atoms in total. The predicted octanol–water partition coefficient (Wildman–Crippen LogP) is 3.96. The van der Waals surface area contributed by atoms with Gasteiger partial charge in [0, 0.05) is 24.8 Å². The first-order valence-corrected chi connectivity index (χ1v) is 12.0. The molecule has 1 atom stereocenters. The minimum absolute atomic E-state index is 0.0707. The largest absolute Gasteiger partial charge is 0.293 e. The topological polar surface area (TPSA) is 67.3 Å². The Morgan fingerprint density at radius 3 is 2.50 bits per heavy atom. The van der Waals surface area contributed by atoms with Crippen molar-refractivity contribution in [3.05, 3.63) is 53.2 Å². The van der Waals surface area contributed by atoms with E-state index in [1.807, 2.05) is 32.9 Å². The zero-order valence-electron chi connectivity index (χ0n) is 16.5. The van der Waals surface area contributed by atoms with Crippen LogP contribution in [0.3, 0.4) is 0 Å². The summed E-state index contributed by atoms with van der Waals surface area (Å²) in [5, 5.41) is 0.345. The summed E-state index contributed by atoms with van der Waals surface area (Å²) in [7, 11) is -3.52. The predicted molar refractivity (Wildman–Crippen MR) is 112 cm³/mol. The number of pyridine rings is 1. The van der Waals surface area contributed by atoms with Gasteiger partial charge in [-0.25, -0.2) is 13.4 Å². The molecule has 1 aromatic carbocycles. The van der Waals surface area contributed by atoms with Crippen molar-refractivity contribution in [1.82, 2.24) is 9.29 Å². The van der Waals surface area contributed by atoms with Crippen molar-refractivity contribution in [3.8, 4) is 0 Å². The smallest absolute Gasteiger partial charge is 0.244 e. The molecule has 1 aliphatic rings. The monoisotopic (exact) mass is 418 g/mol. The molecule has 7 heteroatoms. The number of thioether (sulfide) groups is 1. The van der Waals surface area contributed by atoms with Crippen LogP contribution in [0.2, 0.25) is 0 Å². The molecule has 3 rings (SSSR count). The van der Waals surface area contributed by atoms with Gasteiger partial charge in [-0.2, -0.15) is 4.31 Å². The number of fused-ring (bicyclic) bond motifs is 1. The van der Waals surface area contributed by atoms with Crippen LogP contribution in [0, 0.1) is 0 Å². The van der Waals surface area contributed by atoms with Gasteiger partial charge < -0.3 is 0 Å². The van der Waals surface area contributed by atoms with Gasteiger partial charge in [0.25, 0.3) is 0 Å². The number of rotatable bonds is 8. The molecule has 0 radical (unpaired) electrons. The fraction of sp³-hybridized carbons (Fsp3) is 0.429. The van der Waals surface area contributed by atoms with Gasteiger partial charge >= 0.3 is 0 Å². The molecule has 0 bridgehead atoms. The average Bonchev–Trinajstić information content (AvgIpc) is 3.16. The zero-order valence-corrected chi connectivity index (χ0v) is 18.1. The van der Waals surface area contributed by atoms with Crippen molar-refractivity contribution >= 4 is 27.6 Å². The Morgan fingerprint density at radius 1 is 1.14 bits per heavy atom. The molecule has 1 aliphatic carbocycles. The second-order valence-electron chi connectivity index (χ2n) is 6.88. The van der Waals surface area contributed by atoms with Gasteiger partial charge in [-0.3, -0.25) is 4.79 Å². The van der Waals surface area contributed by atoms with Crippen molar-refractivity contribution in [2.45, 2.75) is 55.2 Å². The Kier molecular flexibility index (Phi) is 6.58. The standard InChI is InChI=1S/C21H26N2O3S2/c1-4-23(5-2)28(25,26)19-11-12-20(22-14-19)27-15(3)21(24)18-10-9-16-7-6-8-17(16)13-18/h9-15H,4-8H2,1-3H3. The van der Waals surface area contributed by atoms with Gasteiger partial charge in [0.05, 0.1) is 10.3 Å². The normalized spacial score (nSPS) is 14.9. The number of aromatic nitrogens is 1. The van der Waals surface area contributed by atoms with Crippen LogP contribution in [-0.2, 0) is 22.9 Å². The molecule has 150 valence electrons. The summed E-state index contributed by atoms with van der Waals surface area (Å²) in [6.45, 7) is 6.32. The molecule has 2 aromatic rings. The lowest BCUT2D eigenvalue weighted by Gasteiger charge is -2.18. The summed E-state index contributed by atoms with van der Waals surface area (Å²) >= 11 is 1.35. The molecule has 0 aliphatic heterocycles. The number of benzene rings is 1. The Morgan fingerprint density at radius 2 is 1.86 bits per heavy atom. The molecule has 28 heavy (non-hydrogen) atoms. The molecule has 1 unspecified atom stereocenters. The summed E-state index contributed by atoms with van der Waals surface area (Å²) in [5.41, 5.74) is 3.37. The third-order valence-electron chi connectivity index (χ3n) is 5.10. The maximum atomic E-state index is 12.8. The van der Waals surface area contributed by atoms with E-state index in [0.717, 1.165) is 24.8 Å². The Labute approximate surface area is 171 Å². The van der Waals surface area contributed by atoms with Crippen LogP contribution in [0.5, 0.6) is 0 Å². The highest BCUT2D eigenvalue weighted by molar-refractivity contribution is 8.00. The van der Waals surface area contributed by atoms with Gasteiger partial charge in [-0.1, -0.05) is 37.7 Å². The number of carbonyl (C=O) groups excluding carboxylic acids is 1. The first-order chi connectivity index (χ1) is 13.4. The number of carbonyl (C=O) groups is 1. The number of ketones is 1. The molecule has 0 spiro atoms. The van der Waals surface area contributed by atoms with E-state index in [2.05, 4.69) is 11.1 Å². The fourth-order valence-electron chi connectivity index (χ4n) is 3.50. The van der Waals surface area contributed by atoms with Crippen molar-refractivity contribution in [2.24, 2.45) is 0 Å². The van der Waals surface area contributed by atoms with Crippen LogP contribution >= 0.6 is 11.8 Å². The third-order valence-corrected chi connectivity index (χ3v) is 8.19. The number of aryl methyl sites for hydroxylation is 2. The molecule has 0 amide bonds. The minimum Gasteiger partial charge on any atom is -0.293 e. The van der Waals surface area contributed by atoms with E-state index in [4.69, 9.17) is 0 Å². The SMILES string of the molecule is CCN(CC)S(=O)(=O)c1ccc(SC(C)C(=O)c2ccc3c(c2)CCC3)nc1. The highest BCUT2D eigenvalue weighted by Crippen LogP contribution is 2.28. The van der Waals surface area contributed by atoms with Crippen molar-refractivity contribution < 1.29 is 13.2 Å². The second-order valence-corrected chi connectivity index (χ2v) is 10.2. The van der Waals surface area contributed by atoms with E-state index in [1.165, 1.54) is 33.4 Å². The van der Waals surface area contributed by atoms with Crippen LogP contribution in [-0.4, -0.2) is 41.8 Å². The summed E-state index contributed by atoms with van der Waals surface area (Å²) in [6.07, 6.45) is 4.68. The highest BCUT2D eigenvalue weighted by Gasteiger charge is 2.23. The molecular weight excluding hydrogens is 392 g/mol. The lowest BCUT2D eigenvalue weighted by atomic mass is 10.0. The zero-order chi connectivity index (χ0) is 20.3. The first kappa shape index (κ1) is 21.0. The van der Waals surface area contributed by atoms with E-state index < -0.39 is 10.0 Å². The van der Waals surface area contributed by atoms with Crippen molar-refractivity contribution in [2.75, 3.05) is 13.1 Å². The molecule has 0 saturated carbocycles. The Hall–Kier alpha value is -1.70. The molecule has 0 fully saturated rings. The second kappa shape index (κ2) is 8.76. The summed E-state index contributed by atoms with van der Waals surface area (Å²) in [6, 6.07) is 9.24. The van der Waals surface area contributed by atoms with Gasteiger partial charge in [-0.05, 0) is 55.5 Å². The third kappa shape index (κ3) is 4.31. The molecular formula is C21H26N2O3S2. The molecule has 1 aromatic heterocycles. The van der Waals surface area contributed by atoms with Gasteiger partial charge in [0.15, 0.2) is 5.78 Å². The quantitative estimate of drug-likeness (QED) is 0.479. The molecule has 0 saturated heterocycles. The van der Waals surface area contributed by atoms with E-state index in [9.17, 15) is 13.2 Å². The first-order valence-electron chi connectivity index (χ1n) is 9.65. The number of nitrogens with zero attached hydrogens (tertiary/aromatic N) is 2. The van der Waals surface area contributed by atoms with Gasteiger partial charge in [0.1, 0.15) is 4.90 Å². The summed E-state index contributed by atoms with van der Waals surface area (Å²) in [5.74, 6) is 0.0707. The maximum absolute atomic E-state index is 12.8. The van der Waals surface area contributed by atoms with Crippen molar-refractivity contribution in [3.63, 3.8) is 0 Å². The number of hydrogen-bond donors (Lipinski definition) is 0. The van der Waals surface area contributed by atoms with E-state index in [0.29, 0.717) is 18.1 Å². The van der Waals surface area contributed by atoms with Crippen LogP contribution in [0.1, 0.15) is 48.7 Å². The summed E-state index contributed by atoms with van der Waals surface area (Å²) in [4.78, 5) is 17.2. The Balaban J connectivity index is 1.70. The number of hydrogen-bond acceptors (Lipinski definition) is 5. The highest BCUT2D eigenvalue weighted by atomic mass is 32.2. The fourth-order valence-corrected chi connectivity index (χ4v) is 5.77. The van der Waals surface area contributed by atoms with Crippen molar-refractivity contribution in [1.29, 1.82) is 0 Å². The van der Waals surface area contributed by atoms with Crippen LogP contribution < -0.4 is 0 Å². The van der Waals surface area contributed by atoms with Crippen LogP contribution in [0.15, 0.2) is 46.5 Å². The lowest BCUT2D eigenvalue weighted by Crippen LogP contribution is -2.30. The van der Waals surface area contributed by atoms with Gasteiger partial charge in [0.2, 0.25) is 10.0 Å². The molecule has 1 heterocycles. The van der Waals surface area contributed by atoms with Crippen LogP contribution in [0.4, 0.5) is 0 Å². The van der Waals surface area contributed by atoms with Crippen LogP contribution in [0.25, 0.3) is 0 Å². The summed E-state index contributed by atoms with van der Waals surface area (Å²) < 4.78 is 26.5. The Bertz CT molecular complexity index is 952. The van der Waals surface area contributed by atoms with E-state index >= 15 is 0 Å². The van der Waals surface area contributed by atoms with E-state index in [-0.39, 0.29) is 15.9 Å². The molecule has 0 N–H and O–H groups in total. The minimum atomic E-state index is -3.52. The lowest BCUT2D eigenvalue weighted by molar-refractivity contribution is 0.0994. The average molecular weight is 419 g/mol. The maximum Gasteiger partial charge on any atom is 0.244 e. The number of sulfonamides is 1. The van der Waals surface area contributed by atoms with E-state index in [1.54, 1.807) is 12.1 Å². The van der Waals surface area contributed by atoms with Gasteiger partial charge in [-0.15, -0.1) is 0 Å². The number of Topliss-reactive ketones (excluding diaryl/α,β-unsaturated/α-hetero) is 1.